The quantitative estimate of drug-likeness (QED) is 0.520. The molecule has 0 bridgehead atoms. The van der Waals surface area contributed by atoms with Crippen molar-refractivity contribution in [3.63, 3.8) is 0 Å². The van der Waals surface area contributed by atoms with Crippen molar-refractivity contribution in [3.8, 4) is 5.75 Å². The Morgan fingerprint density at radius 3 is 2.41 bits per heavy atom. The van der Waals surface area contributed by atoms with Gasteiger partial charge in [-0.05, 0) is 22.8 Å². The summed E-state index contributed by atoms with van der Waals surface area (Å²) >= 11 is 0. The first-order valence-corrected chi connectivity index (χ1v) is 6.35. The zero-order valence-electron chi connectivity index (χ0n) is 11.7. The number of benzene rings is 2. The number of aliphatic carboxylic acids is 1. The molecule has 0 saturated heterocycles. The van der Waals surface area contributed by atoms with Crippen molar-refractivity contribution in [3.05, 3.63) is 75.8 Å². The molecule has 0 atom stereocenters. The van der Waals surface area contributed by atoms with Gasteiger partial charge in [0.05, 0.1) is 12.0 Å². The van der Waals surface area contributed by atoms with Crippen LogP contribution < -0.4 is 4.74 Å². The van der Waals surface area contributed by atoms with Crippen LogP contribution in [0.25, 0.3) is 5.57 Å². The summed E-state index contributed by atoms with van der Waals surface area (Å²) in [5, 5.41) is 20.2. The molecule has 0 fully saturated rings. The molecule has 6 nitrogen and oxygen atoms in total. The van der Waals surface area contributed by atoms with Crippen molar-refractivity contribution >= 4 is 17.2 Å². The Bertz CT molecular complexity index is 737. The molecule has 0 aliphatic carbocycles. The zero-order valence-corrected chi connectivity index (χ0v) is 11.7. The summed E-state index contributed by atoms with van der Waals surface area (Å²) < 4.78 is 4.95. The molecule has 0 heterocycles. The van der Waals surface area contributed by atoms with Gasteiger partial charge in [-0.25, -0.2) is 4.79 Å². The van der Waals surface area contributed by atoms with Gasteiger partial charge in [0.1, 0.15) is 0 Å². The van der Waals surface area contributed by atoms with E-state index in [9.17, 15) is 14.9 Å². The van der Waals surface area contributed by atoms with Crippen LogP contribution in [0.4, 0.5) is 5.69 Å². The second-order valence-electron chi connectivity index (χ2n) is 4.41. The summed E-state index contributed by atoms with van der Waals surface area (Å²) in [7, 11) is 1.34. The second-order valence-corrected chi connectivity index (χ2v) is 4.41. The fourth-order valence-electron chi connectivity index (χ4n) is 2.07. The second kappa shape index (κ2) is 6.53. The molecule has 0 aromatic heterocycles. The third-order valence-corrected chi connectivity index (χ3v) is 3.04. The third kappa shape index (κ3) is 3.29. The molecule has 0 spiro atoms. The highest BCUT2D eigenvalue weighted by Gasteiger charge is 2.17. The maximum Gasteiger partial charge on any atom is 0.328 e. The Labute approximate surface area is 126 Å². The average Bonchev–Trinajstić information content (AvgIpc) is 2.52. The molecule has 0 saturated carbocycles. The summed E-state index contributed by atoms with van der Waals surface area (Å²) in [4.78, 5) is 21.6. The van der Waals surface area contributed by atoms with Crippen LogP contribution in [-0.4, -0.2) is 23.1 Å². The van der Waals surface area contributed by atoms with E-state index in [1.165, 1.54) is 19.2 Å². The lowest BCUT2D eigenvalue weighted by molar-refractivity contribution is -0.385. The summed E-state index contributed by atoms with van der Waals surface area (Å²) in [5.41, 5.74) is 1.26. The van der Waals surface area contributed by atoms with Gasteiger partial charge in [0.2, 0.25) is 0 Å². The van der Waals surface area contributed by atoms with Crippen LogP contribution in [0.5, 0.6) is 5.75 Å². The minimum absolute atomic E-state index is 0.122. The van der Waals surface area contributed by atoms with Crippen LogP contribution in [-0.2, 0) is 4.79 Å². The van der Waals surface area contributed by atoms with Crippen molar-refractivity contribution in [2.75, 3.05) is 7.11 Å². The van der Waals surface area contributed by atoms with E-state index in [-0.39, 0.29) is 11.4 Å². The zero-order chi connectivity index (χ0) is 16.1. The lowest BCUT2D eigenvalue weighted by Crippen LogP contribution is -1.98. The predicted molar refractivity (Wildman–Crippen MR) is 80.8 cm³/mol. The first kappa shape index (κ1) is 15.2. The number of ether oxygens (including phenoxy) is 1. The summed E-state index contributed by atoms with van der Waals surface area (Å²) in [6.45, 7) is 0. The minimum Gasteiger partial charge on any atom is -0.490 e. The van der Waals surface area contributed by atoms with Crippen LogP contribution in [0.3, 0.4) is 0 Å². The number of hydrogen-bond donors (Lipinski definition) is 1. The molecule has 0 aliphatic rings. The first-order chi connectivity index (χ1) is 10.5. The van der Waals surface area contributed by atoms with Gasteiger partial charge in [0.25, 0.3) is 0 Å². The lowest BCUT2D eigenvalue weighted by Gasteiger charge is -2.09. The number of carboxylic acids is 1. The summed E-state index contributed by atoms with van der Waals surface area (Å²) in [6.07, 6.45) is 1.03. The van der Waals surface area contributed by atoms with E-state index in [1.54, 1.807) is 36.4 Å². The molecular weight excluding hydrogens is 286 g/mol. The van der Waals surface area contributed by atoms with E-state index in [0.717, 1.165) is 6.08 Å². The topological polar surface area (TPSA) is 89.7 Å². The molecule has 112 valence electrons. The molecule has 22 heavy (non-hydrogen) atoms. The monoisotopic (exact) mass is 299 g/mol. The predicted octanol–water partition coefficient (Wildman–Crippen LogP) is 3.12. The Hall–Kier alpha value is -3.15. The summed E-state index contributed by atoms with van der Waals surface area (Å²) in [6, 6.07) is 13.2. The van der Waals surface area contributed by atoms with Gasteiger partial charge in [0.15, 0.2) is 5.75 Å². The average molecular weight is 299 g/mol. The molecule has 6 heteroatoms. The molecule has 0 aliphatic heterocycles. The highest BCUT2D eigenvalue weighted by atomic mass is 16.6. The van der Waals surface area contributed by atoms with E-state index in [0.29, 0.717) is 16.7 Å². The van der Waals surface area contributed by atoms with E-state index in [2.05, 4.69) is 0 Å². The Balaban J connectivity index is 2.61. The number of hydrogen-bond acceptors (Lipinski definition) is 4. The van der Waals surface area contributed by atoms with Crippen molar-refractivity contribution in [1.29, 1.82) is 0 Å². The summed E-state index contributed by atoms with van der Waals surface area (Å²) in [5.74, 6) is -1.01. The van der Waals surface area contributed by atoms with Gasteiger partial charge in [-0.3, -0.25) is 10.1 Å². The largest absolute Gasteiger partial charge is 0.490 e. The molecular formula is C16H13NO5. The smallest absolute Gasteiger partial charge is 0.328 e. The van der Waals surface area contributed by atoms with Crippen molar-refractivity contribution < 1.29 is 19.6 Å². The Morgan fingerprint density at radius 1 is 1.18 bits per heavy atom. The molecule has 0 unspecified atom stereocenters. The van der Waals surface area contributed by atoms with Gasteiger partial charge in [-0.1, -0.05) is 36.4 Å². The lowest BCUT2D eigenvalue weighted by atomic mass is 9.97. The molecule has 2 rings (SSSR count). The number of nitro benzene ring substituents is 1. The maximum atomic E-state index is 11.1. The molecule has 1 N–H and O–H groups in total. The number of methoxy groups -OCH3 is 1. The minimum atomic E-state index is -1.13. The van der Waals surface area contributed by atoms with Gasteiger partial charge in [0, 0.05) is 12.1 Å². The van der Waals surface area contributed by atoms with Crippen molar-refractivity contribution in [2.24, 2.45) is 0 Å². The number of nitrogens with zero attached hydrogens (tertiary/aromatic N) is 1. The maximum absolute atomic E-state index is 11.1. The van der Waals surface area contributed by atoms with Crippen LogP contribution in [0, 0.1) is 10.1 Å². The third-order valence-electron chi connectivity index (χ3n) is 3.04. The van der Waals surface area contributed by atoms with Crippen molar-refractivity contribution in [2.45, 2.75) is 0 Å². The highest BCUT2D eigenvalue weighted by Crippen LogP contribution is 2.32. The molecule has 2 aromatic rings. The molecule has 0 radical (unpaired) electrons. The number of carbonyl (C=O) groups is 1. The normalized spacial score (nSPS) is 11.0. The fraction of sp³-hybridized carbons (Fsp3) is 0.0625. The fourth-order valence-corrected chi connectivity index (χ4v) is 2.07. The highest BCUT2D eigenvalue weighted by molar-refractivity contribution is 5.95. The van der Waals surface area contributed by atoms with Gasteiger partial charge in [-0.15, -0.1) is 0 Å². The van der Waals surface area contributed by atoms with E-state index < -0.39 is 10.9 Å². The van der Waals surface area contributed by atoms with E-state index >= 15 is 0 Å². The number of rotatable bonds is 5. The van der Waals surface area contributed by atoms with E-state index in [4.69, 9.17) is 9.84 Å². The molecule has 2 aromatic carbocycles. The standard InChI is InChI=1S/C16H13NO5/c1-22-15-8-7-12(9-14(15)17(20)21)13(10-16(18)19)11-5-3-2-4-6-11/h2-10H,1H3,(H,18,19)/b13-10+. The van der Waals surface area contributed by atoms with Crippen molar-refractivity contribution in [1.82, 2.24) is 0 Å². The Morgan fingerprint density at radius 2 is 1.86 bits per heavy atom. The van der Waals surface area contributed by atoms with Gasteiger partial charge >= 0.3 is 11.7 Å². The number of carboxylic acid groups (broad SMARTS) is 1. The van der Waals surface area contributed by atoms with Crippen LogP contribution in [0.15, 0.2) is 54.6 Å². The van der Waals surface area contributed by atoms with E-state index in [1.807, 2.05) is 0 Å². The van der Waals surface area contributed by atoms with Gasteiger partial charge < -0.3 is 9.84 Å². The van der Waals surface area contributed by atoms with Gasteiger partial charge in [-0.2, -0.15) is 0 Å². The van der Waals surface area contributed by atoms with Crippen LogP contribution in [0.1, 0.15) is 11.1 Å². The van der Waals surface area contributed by atoms with Crippen LogP contribution in [0.2, 0.25) is 0 Å². The number of nitro groups is 1. The SMILES string of the molecule is COc1ccc(/C(=C/C(=O)O)c2ccccc2)cc1[N+](=O)[O-]. The first-order valence-electron chi connectivity index (χ1n) is 6.35. The Kier molecular flexibility index (Phi) is 4.53. The molecule has 0 amide bonds. The van der Waals surface area contributed by atoms with Crippen LogP contribution >= 0.6 is 0 Å².